The highest BCUT2D eigenvalue weighted by Gasteiger charge is 2.41. The Morgan fingerprint density at radius 3 is 2.67 bits per heavy atom. The van der Waals surface area contributed by atoms with Crippen molar-refractivity contribution in [2.24, 2.45) is 0 Å². The Bertz CT molecular complexity index is 778. The fraction of sp³-hybridized carbons (Fsp3) is 0.471. The largest absolute Gasteiger partial charge is 0.416 e. The molecule has 2 aromatic rings. The highest BCUT2D eigenvalue weighted by Crippen LogP contribution is 2.44. The van der Waals surface area contributed by atoms with Crippen molar-refractivity contribution in [3.8, 4) is 11.1 Å². The molecule has 2 unspecified atom stereocenters. The second-order valence-electron chi connectivity index (χ2n) is 6.40. The minimum absolute atomic E-state index is 0.00506. The topological polar surface area (TPSA) is 47.3 Å². The van der Waals surface area contributed by atoms with E-state index in [1.807, 2.05) is 6.07 Å². The van der Waals surface area contributed by atoms with Crippen LogP contribution in [0.25, 0.3) is 11.1 Å². The summed E-state index contributed by atoms with van der Waals surface area (Å²) in [6.07, 6.45) is -4.50. The summed E-state index contributed by atoms with van der Waals surface area (Å²) in [5.41, 5.74) is 2.08. The smallest absolute Gasteiger partial charge is 0.372 e. The average Bonchev–Trinajstić information content (AvgIpc) is 3.12. The Balaban J connectivity index is 1.96. The first-order chi connectivity index (χ1) is 11.4. The number of hydrogen-bond acceptors (Lipinski definition) is 4. The van der Waals surface area contributed by atoms with E-state index >= 15 is 0 Å². The number of aromatic nitrogens is 1. The molecule has 2 aliphatic rings. The lowest BCUT2D eigenvalue weighted by atomic mass is 9.84. The summed E-state index contributed by atoms with van der Waals surface area (Å²) in [7, 11) is 0. The first-order valence-electron chi connectivity index (χ1n) is 7.86. The van der Waals surface area contributed by atoms with Gasteiger partial charge < -0.3 is 14.6 Å². The van der Waals surface area contributed by atoms with Gasteiger partial charge >= 0.3 is 6.18 Å². The molecule has 0 aliphatic carbocycles. The lowest BCUT2D eigenvalue weighted by Crippen LogP contribution is -2.29. The second kappa shape index (κ2) is 5.32. The molecule has 2 aliphatic heterocycles. The molecule has 1 aromatic heterocycles. The van der Waals surface area contributed by atoms with Gasteiger partial charge in [-0.1, -0.05) is 11.2 Å². The van der Waals surface area contributed by atoms with Crippen LogP contribution in [0.2, 0.25) is 0 Å². The zero-order valence-electron chi connectivity index (χ0n) is 13.3. The number of nitrogens with zero attached hydrogens (tertiary/aromatic N) is 1. The summed E-state index contributed by atoms with van der Waals surface area (Å²) in [6, 6.07) is 3.04. The van der Waals surface area contributed by atoms with Gasteiger partial charge in [-0.15, -0.1) is 0 Å². The van der Waals surface area contributed by atoms with Crippen LogP contribution in [0.15, 0.2) is 16.7 Å². The van der Waals surface area contributed by atoms with Crippen LogP contribution in [-0.2, 0) is 17.5 Å². The van der Waals surface area contributed by atoms with Crippen molar-refractivity contribution in [2.45, 2.75) is 38.7 Å². The molecule has 1 saturated heterocycles. The van der Waals surface area contributed by atoms with Crippen molar-refractivity contribution in [2.75, 3.05) is 13.1 Å². The van der Waals surface area contributed by atoms with Gasteiger partial charge in [0.2, 0.25) is 0 Å². The van der Waals surface area contributed by atoms with Gasteiger partial charge in [-0.25, -0.2) is 0 Å². The first-order valence-corrected chi connectivity index (χ1v) is 7.86. The molecule has 7 heteroatoms. The summed E-state index contributed by atoms with van der Waals surface area (Å²) in [4.78, 5) is 0. The molecule has 24 heavy (non-hydrogen) atoms. The quantitative estimate of drug-likeness (QED) is 0.864. The summed E-state index contributed by atoms with van der Waals surface area (Å²) >= 11 is 0. The Kier molecular flexibility index (Phi) is 3.47. The molecule has 0 amide bonds. The van der Waals surface area contributed by atoms with Crippen LogP contribution in [0, 0.1) is 13.8 Å². The number of halogens is 3. The molecule has 1 fully saturated rings. The van der Waals surface area contributed by atoms with E-state index in [0.717, 1.165) is 5.56 Å². The summed E-state index contributed by atoms with van der Waals surface area (Å²) in [6.45, 7) is 4.74. The molecule has 0 radical (unpaired) electrons. The van der Waals surface area contributed by atoms with E-state index in [4.69, 9.17) is 9.26 Å². The molecule has 3 heterocycles. The maximum atomic E-state index is 13.6. The molecule has 4 rings (SSSR count). The molecular formula is C17H17F3N2O2. The van der Waals surface area contributed by atoms with E-state index in [1.165, 1.54) is 6.07 Å². The van der Waals surface area contributed by atoms with Crippen molar-refractivity contribution >= 4 is 0 Å². The third-order valence-electron chi connectivity index (χ3n) is 4.91. The van der Waals surface area contributed by atoms with E-state index in [0.29, 0.717) is 35.7 Å². The van der Waals surface area contributed by atoms with E-state index < -0.39 is 11.7 Å². The Morgan fingerprint density at radius 1 is 1.21 bits per heavy atom. The first kappa shape index (κ1) is 15.7. The lowest BCUT2D eigenvalue weighted by molar-refractivity contribution is -0.139. The monoisotopic (exact) mass is 338 g/mol. The highest BCUT2D eigenvalue weighted by molar-refractivity contribution is 5.70. The number of ether oxygens (including phenoxy) is 1. The van der Waals surface area contributed by atoms with Crippen molar-refractivity contribution in [1.82, 2.24) is 10.5 Å². The summed E-state index contributed by atoms with van der Waals surface area (Å²) in [5.74, 6) is 0.462. The van der Waals surface area contributed by atoms with Gasteiger partial charge in [-0.2, -0.15) is 13.2 Å². The molecule has 4 nitrogen and oxygen atoms in total. The van der Waals surface area contributed by atoms with Crippen LogP contribution in [0.1, 0.15) is 34.1 Å². The summed E-state index contributed by atoms with van der Waals surface area (Å²) in [5, 5.41) is 7.07. The molecule has 0 spiro atoms. The number of rotatable bonds is 1. The van der Waals surface area contributed by atoms with Gasteiger partial charge in [0, 0.05) is 24.6 Å². The number of aryl methyl sites for hydroxylation is 2. The third-order valence-corrected chi connectivity index (χ3v) is 4.91. The predicted octanol–water partition coefficient (Wildman–Crippen LogP) is 3.56. The van der Waals surface area contributed by atoms with Crippen molar-refractivity contribution in [3.63, 3.8) is 0 Å². The van der Waals surface area contributed by atoms with Gasteiger partial charge in [0.1, 0.15) is 5.76 Å². The minimum atomic E-state index is -4.43. The van der Waals surface area contributed by atoms with Crippen molar-refractivity contribution < 1.29 is 22.4 Å². The molecule has 0 saturated carbocycles. The third kappa shape index (κ3) is 2.34. The van der Waals surface area contributed by atoms with Gasteiger partial charge in [-0.3, -0.25) is 0 Å². The van der Waals surface area contributed by atoms with Gasteiger partial charge in [0.25, 0.3) is 0 Å². The number of nitrogens with one attached hydrogen (secondary N) is 1. The minimum Gasteiger partial charge on any atom is -0.372 e. The molecular weight excluding hydrogens is 321 g/mol. The fourth-order valence-electron chi connectivity index (χ4n) is 3.81. The van der Waals surface area contributed by atoms with Crippen molar-refractivity contribution in [3.05, 3.63) is 40.3 Å². The normalized spacial score (nSPS) is 23.2. The van der Waals surface area contributed by atoms with E-state index in [9.17, 15) is 13.2 Å². The molecule has 128 valence electrons. The van der Waals surface area contributed by atoms with Crippen LogP contribution in [0.5, 0.6) is 0 Å². The standard InChI is InChI=1S/C17H17F3N2O2/c1-8-16(9(2)24-22-8)10-3-11-12-5-21-6-15(12)23-7-13(11)14(4-10)17(18,19)20/h3-4,12,15,21H,5-7H2,1-2H3. The number of alkyl halides is 3. The van der Waals surface area contributed by atoms with Gasteiger partial charge in [0.15, 0.2) is 0 Å². The van der Waals surface area contributed by atoms with Crippen LogP contribution in [0.3, 0.4) is 0 Å². The van der Waals surface area contributed by atoms with E-state index in [1.54, 1.807) is 13.8 Å². The highest BCUT2D eigenvalue weighted by atomic mass is 19.4. The number of hydrogen-bond donors (Lipinski definition) is 1. The molecule has 0 bridgehead atoms. The number of fused-ring (bicyclic) bond motifs is 3. The van der Waals surface area contributed by atoms with Gasteiger partial charge in [-0.05, 0) is 36.6 Å². The molecule has 1 aromatic carbocycles. The van der Waals surface area contributed by atoms with Crippen LogP contribution >= 0.6 is 0 Å². The summed E-state index contributed by atoms with van der Waals surface area (Å²) < 4.78 is 51.7. The zero-order valence-corrected chi connectivity index (χ0v) is 13.3. The lowest BCUT2D eigenvalue weighted by Gasteiger charge is -2.30. The average molecular weight is 338 g/mol. The van der Waals surface area contributed by atoms with Gasteiger partial charge in [0.05, 0.1) is 24.0 Å². The van der Waals surface area contributed by atoms with E-state index in [2.05, 4.69) is 10.5 Å². The Labute approximate surface area is 137 Å². The fourth-order valence-corrected chi connectivity index (χ4v) is 3.81. The predicted molar refractivity (Wildman–Crippen MR) is 80.6 cm³/mol. The van der Waals surface area contributed by atoms with E-state index in [-0.39, 0.29) is 24.2 Å². The van der Waals surface area contributed by atoms with Crippen molar-refractivity contribution in [1.29, 1.82) is 0 Å². The Hall–Kier alpha value is -1.86. The maximum absolute atomic E-state index is 13.6. The maximum Gasteiger partial charge on any atom is 0.416 e. The zero-order chi connectivity index (χ0) is 17.1. The van der Waals surface area contributed by atoms with Crippen LogP contribution in [0.4, 0.5) is 13.2 Å². The number of benzene rings is 1. The van der Waals surface area contributed by atoms with Crippen LogP contribution in [-0.4, -0.2) is 24.4 Å². The second-order valence-corrected chi connectivity index (χ2v) is 6.40. The molecule has 1 N–H and O–H groups in total. The molecule has 2 atom stereocenters. The van der Waals surface area contributed by atoms with Crippen LogP contribution < -0.4 is 5.32 Å². The SMILES string of the molecule is Cc1noc(C)c1-c1cc2c(c(C(F)(F)F)c1)COC1CNCC21. The Morgan fingerprint density at radius 2 is 2.00 bits per heavy atom.